The molecule has 0 aromatic carbocycles. The number of hydrogen-bond donors (Lipinski definition) is 0. The first-order valence-corrected chi connectivity index (χ1v) is 8.08. The van der Waals surface area contributed by atoms with Gasteiger partial charge in [-0.3, -0.25) is 4.68 Å². The summed E-state index contributed by atoms with van der Waals surface area (Å²) in [4.78, 5) is 2.38. The molecule has 2 heterocycles. The molecule has 1 aliphatic carbocycles. The fourth-order valence-electron chi connectivity index (χ4n) is 3.82. The molecule has 1 aromatic heterocycles. The Morgan fingerprint density at radius 1 is 1.35 bits per heavy atom. The highest BCUT2D eigenvalue weighted by molar-refractivity contribution is 5.25. The number of aromatic nitrogens is 2. The lowest BCUT2D eigenvalue weighted by Crippen LogP contribution is -2.34. The molecule has 0 N–H and O–H groups in total. The van der Waals surface area contributed by atoms with Crippen molar-refractivity contribution in [1.82, 2.24) is 14.7 Å². The van der Waals surface area contributed by atoms with Crippen LogP contribution in [-0.4, -0.2) is 41.5 Å². The minimum Gasteiger partial charge on any atom is -0.381 e. The van der Waals surface area contributed by atoms with Crippen molar-refractivity contribution in [2.75, 3.05) is 26.8 Å². The van der Waals surface area contributed by atoms with Crippen LogP contribution in [0.5, 0.6) is 0 Å². The van der Waals surface area contributed by atoms with Gasteiger partial charge in [0.05, 0.1) is 12.8 Å². The van der Waals surface area contributed by atoms with Gasteiger partial charge < -0.3 is 9.64 Å². The van der Waals surface area contributed by atoms with Crippen LogP contribution in [-0.2, 0) is 17.8 Å². The van der Waals surface area contributed by atoms with Gasteiger partial charge in [-0.15, -0.1) is 0 Å². The maximum absolute atomic E-state index is 5.70. The average molecular weight is 277 g/mol. The van der Waals surface area contributed by atoms with Crippen LogP contribution >= 0.6 is 0 Å². The molecule has 1 fully saturated rings. The van der Waals surface area contributed by atoms with Crippen molar-refractivity contribution >= 4 is 0 Å². The first-order chi connectivity index (χ1) is 9.78. The van der Waals surface area contributed by atoms with Crippen molar-refractivity contribution in [2.24, 2.45) is 5.92 Å². The zero-order valence-electron chi connectivity index (χ0n) is 12.8. The molecule has 1 aromatic rings. The van der Waals surface area contributed by atoms with Gasteiger partial charge in [0.2, 0.25) is 0 Å². The smallest absolute Gasteiger partial charge is 0.0562 e. The molecule has 4 heteroatoms. The van der Waals surface area contributed by atoms with Crippen LogP contribution in [0.15, 0.2) is 6.20 Å². The molecule has 1 saturated carbocycles. The van der Waals surface area contributed by atoms with Crippen molar-refractivity contribution < 1.29 is 4.74 Å². The molecule has 20 heavy (non-hydrogen) atoms. The molecule has 112 valence electrons. The second-order valence-electron chi connectivity index (χ2n) is 6.44. The van der Waals surface area contributed by atoms with Crippen LogP contribution in [0.3, 0.4) is 0 Å². The van der Waals surface area contributed by atoms with Crippen molar-refractivity contribution in [1.29, 1.82) is 0 Å². The average Bonchev–Trinajstić information content (AvgIpc) is 3.07. The SMILES string of the molecule is CCOCC1CN(C)Cc2cnn(CC3CCCC3)c21. The lowest BCUT2D eigenvalue weighted by molar-refractivity contribution is 0.110. The molecular formula is C16H27N3O. The maximum Gasteiger partial charge on any atom is 0.0562 e. The second kappa shape index (κ2) is 6.27. The molecule has 0 spiro atoms. The third-order valence-electron chi connectivity index (χ3n) is 4.75. The van der Waals surface area contributed by atoms with E-state index in [1.807, 2.05) is 0 Å². The van der Waals surface area contributed by atoms with E-state index in [0.717, 1.165) is 38.8 Å². The van der Waals surface area contributed by atoms with Crippen LogP contribution in [0.25, 0.3) is 0 Å². The van der Waals surface area contributed by atoms with E-state index < -0.39 is 0 Å². The van der Waals surface area contributed by atoms with E-state index in [1.165, 1.54) is 36.9 Å². The van der Waals surface area contributed by atoms with Gasteiger partial charge in [0.1, 0.15) is 0 Å². The van der Waals surface area contributed by atoms with Gasteiger partial charge in [-0.05, 0) is 32.7 Å². The maximum atomic E-state index is 5.70. The number of rotatable bonds is 5. The van der Waals surface area contributed by atoms with E-state index in [9.17, 15) is 0 Å². The number of ether oxygens (including phenoxy) is 1. The molecule has 0 bridgehead atoms. The highest BCUT2D eigenvalue weighted by Crippen LogP contribution is 2.31. The first-order valence-electron chi connectivity index (χ1n) is 8.08. The molecule has 1 aliphatic heterocycles. The molecule has 2 aliphatic rings. The molecule has 3 rings (SSSR count). The second-order valence-corrected chi connectivity index (χ2v) is 6.44. The Morgan fingerprint density at radius 3 is 2.90 bits per heavy atom. The van der Waals surface area contributed by atoms with E-state index in [2.05, 4.69) is 34.8 Å². The Labute approximate surface area is 122 Å². The summed E-state index contributed by atoms with van der Waals surface area (Å²) < 4.78 is 8.00. The zero-order valence-corrected chi connectivity index (χ0v) is 12.8. The van der Waals surface area contributed by atoms with Crippen LogP contribution < -0.4 is 0 Å². The predicted molar refractivity (Wildman–Crippen MR) is 79.8 cm³/mol. The van der Waals surface area contributed by atoms with Crippen molar-refractivity contribution in [2.45, 2.75) is 51.6 Å². The van der Waals surface area contributed by atoms with Crippen LogP contribution in [0.2, 0.25) is 0 Å². The van der Waals surface area contributed by atoms with Gasteiger partial charge >= 0.3 is 0 Å². The molecule has 1 atom stereocenters. The van der Waals surface area contributed by atoms with E-state index in [1.54, 1.807) is 0 Å². The molecule has 4 nitrogen and oxygen atoms in total. The zero-order chi connectivity index (χ0) is 13.9. The lowest BCUT2D eigenvalue weighted by Gasteiger charge is -2.31. The Balaban J connectivity index is 1.78. The van der Waals surface area contributed by atoms with Crippen LogP contribution in [0.1, 0.15) is 49.8 Å². The third-order valence-corrected chi connectivity index (χ3v) is 4.75. The molecule has 1 unspecified atom stereocenters. The summed E-state index contributed by atoms with van der Waals surface area (Å²) in [5, 5.41) is 4.69. The fraction of sp³-hybridized carbons (Fsp3) is 0.812. The minimum atomic E-state index is 0.479. The van der Waals surface area contributed by atoms with Gasteiger partial charge in [0.15, 0.2) is 0 Å². The van der Waals surface area contributed by atoms with Crippen molar-refractivity contribution in [3.63, 3.8) is 0 Å². The number of fused-ring (bicyclic) bond motifs is 1. The standard InChI is InChI=1S/C16H27N3O/c1-3-20-12-15-11-18(2)10-14-8-17-19(16(14)15)9-13-6-4-5-7-13/h8,13,15H,3-7,9-12H2,1-2H3. The van der Waals surface area contributed by atoms with Gasteiger partial charge in [-0.25, -0.2) is 0 Å². The van der Waals surface area contributed by atoms with E-state index in [0.29, 0.717) is 5.92 Å². The third kappa shape index (κ3) is 2.91. The van der Waals surface area contributed by atoms with Crippen LogP contribution in [0, 0.1) is 5.92 Å². The lowest BCUT2D eigenvalue weighted by atomic mass is 9.97. The summed E-state index contributed by atoms with van der Waals surface area (Å²) >= 11 is 0. The largest absolute Gasteiger partial charge is 0.381 e. The predicted octanol–water partition coefficient (Wildman–Crippen LogP) is 2.64. The monoisotopic (exact) mass is 277 g/mol. The summed E-state index contributed by atoms with van der Waals surface area (Å²) in [6.45, 7) is 6.92. The normalized spacial score (nSPS) is 24.2. The van der Waals surface area contributed by atoms with Crippen molar-refractivity contribution in [3.8, 4) is 0 Å². The summed E-state index contributed by atoms with van der Waals surface area (Å²) in [5.74, 6) is 1.32. The fourth-order valence-corrected chi connectivity index (χ4v) is 3.82. The summed E-state index contributed by atoms with van der Waals surface area (Å²) in [5.41, 5.74) is 2.85. The summed E-state index contributed by atoms with van der Waals surface area (Å²) in [6.07, 6.45) is 7.65. The first kappa shape index (κ1) is 14.1. The Bertz CT molecular complexity index is 437. The summed E-state index contributed by atoms with van der Waals surface area (Å²) in [7, 11) is 2.19. The van der Waals surface area contributed by atoms with E-state index in [-0.39, 0.29) is 0 Å². The number of nitrogens with zero attached hydrogens (tertiary/aromatic N) is 3. The minimum absolute atomic E-state index is 0.479. The molecule has 0 radical (unpaired) electrons. The van der Waals surface area contributed by atoms with Gasteiger partial charge in [-0.1, -0.05) is 12.8 Å². The molecule has 0 saturated heterocycles. The number of hydrogen-bond acceptors (Lipinski definition) is 3. The molecule has 0 amide bonds. The Kier molecular flexibility index (Phi) is 4.41. The highest BCUT2D eigenvalue weighted by atomic mass is 16.5. The molecular weight excluding hydrogens is 250 g/mol. The van der Waals surface area contributed by atoms with Gasteiger partial charge in [0.25, 0.3) is 0 Å². The van der Waals surface area contributed by atoms with Crippen molar-refractivity contribution in [3.05, 3.63) is 17.5 Å². The summed E-state index contributed by atoms with van der Waals surface area (Å²) in [6, 6.07) is 0. The van der Waals surface area contributed by atoms with Crippen LogP contribution in [0.4, 0.5) is 0 Å². The Hall–Kier alpha value is -0.870. The Morgan fingerprint density at radius 2 is 2.15 bits per heavy atom. The quantitative estimate of drug-likeness (QED) is 0.829. The van der Waals surface area contributed by atoms with Gasteiger partial charge in [-0.2, -0.15) is 5.10 Å². The number of likely N-dealkylation sites (N-methyl/N-ethyl adjacent to an activating group) is 1. The topological polar surface area (TPSA) is 30.3 Å². The van der Waals surface area contributed by atoms with E-state index in [4.69, 9.17) is 4.74 Å². The van der Waals surface area contributed by atoms with Gasteiger partial charge in [0, 0.05) is 43.4 Å². The van der Waals surface area contributed by atoms with E-state index >= 15 is 0 Å². The highest BCUT2D eigenvalue weighted by Gasteiger charge is 2.29.